The van der Waals surface area contributed by atoms with Gasteiger partial charge in [0, 0.05) is 7.05 Å². The second-order valence-electron chi connectivity index (χ2n) is 3.01. The van der Waals surface area contributed by atoms with Crippen molar-refractivity contribution in [3.05, 3.63) is 12.7 Å². The van der Waals surface area contributed by atoms with Crippen molar-refractivity contribution < 1.29 is 4.79 Å². The molecule has 0 rings (SSSR count). The fourth-order valence-corrected chi connectivity index (χ4v) is 1.28. The molecule has 0 saturated heterocycles. The number of hydrogen-bond donors (Lipinski definition) is 0. The first-order valence-corrected chi connectivity index (χ1v) is 4.10. The van der Waals surface area contributed by atoms with Crippen molar-refractivity contribution in [3.63, 3.8) is 0 Å². The normalized spacial score (nSPS) is 12.8. The molecule has 0 aliphatic heterocycles. The first-order valence-electron chi connectivity index (χ1n) is 4.10. The Kier molecular flexibility index (Phi) is 4.59. The maximum atomic E-state index is 11.2. The van der Waals surface area contributed by atoms with E-state index in [1.165, 1.54) is 6.08 Å². The van der Waals surface area contributed by atoms with Crippen LogP contribution in [-0.4, -0.2) is 43.0 Å². The summed E-state index contributed by atoms with van der Waals surface area (Å²) >= 11 is 0. The van der Waals surface area contributed by atoms with Gasteiger partial charge in [-0.1, -0.05) is 13.5 Å². The summed E-state index contributed by atoms with van der Waals surface area (Å²) in [6.07, 6.45) is 2.42. The Morgan fingerprint density at radius 2 is 2.00 bits per heavy atom. The highest BCUT2D eigenvalue weighted by molar-refractivity contribution is 5.86. The lowest BCUT2D eigenvalue weighted by Gasteiger charge is -2.31. The van der Waals surface area contributed by atoms with Gasteiger partial charge in [-0.3, -0.25) is 9.69 Å². The van der Waals surface area contributed by atoms with Crippen LogP contribution in [0.3, 0.4) is 0 Å². The Morgan fingerprint density at radius 3 is 2.25 bits per heavy atom. The van der Waals surface area contributed by atoms with Crippen molar-refractivity contribution in [1.29, 1.82) is 0 Å². The molecule has 0 aliphatic carbocycles. The van der Waals surface area contributed by atoms with E-state index in [0.717, 1.165) is 6.42 Å². The van der Waals surface area contributed by atoms with E-state index < -0.39 is 0 Å². The zero-order valence-corrected chi connectivity index (χ0v) is 8.37. The lowest BCUT2D eigenvalue weighted by atomic mass is 10.3. The minimum atomic E-state index is -0.0319. The predicted octanol–water partition coefficient (Wildman–Crippen LogP) is 0.928. The van der Waals surface area contributed by atoms with E-state index in [9.17, 15) is 4.79 Å². The zero-order chi connectivity index (χ0) is 9.72. The molecule has 0 heterocycles. The van der Waals surface area contributed by atoms with Crippen LogP contribution < -0.4 is 0 Å². The number of carbonyl (C=O) groups is 1. The SMILES string of the molecule is C=CC(=O)N(C)C(CC)N(C)C. The number of carbonyl (C=O) groups excluding carboxylic acids is 1. The average Bonchev–Trinajstić information content (AvgIpc) is 2.03. The summed E-state index contributed by atoms with van der Waals surface area (Å²) in [7, 11) is 5.71. The minimum absolute atomic E-state index is 0.0319. The van der Waals surface area contributed by atoms with Gasteiger partial charge in [0.15, 0.2) is 0 Å². The van der Waals surface area contributed by atoms with Crippen LogP contribution in [0.4, 0.5) is 0 Å². The number of nitrogens with zero attached hydrogens (tertiary/aromatic N) is 2. The van der Waals surface area contributed by atoms with Crippen molar-refractivity contribution in [2.24, 2.45) is 0 Å². The van der Waals surface area contributed by atoms with Crippen LogP contribution in [0.5, 0.6) is 0 Å². The van der Waals surface area contributed by atoms with E-state index in [2.05, 4.69) is 13.5 Å². The monoisotopic (exact) mass is 170 g/mol. The fourth-order valence-electron chi connectivity index (χ4n) is 1.28. The van der Waals surface area contributed by atoms with Gasteiger partial charge in [-0.25, -0.2) is 0 Å². The highest BCUT2D eigenvalue weighted by Gasteiger charge is 2.17. The van der Waals surface area contributed by atoms with E-state index in [1.54, 1.807) is 11.9 Å². The third-order valence-corrected chi connectivity index (χ3v) is 1.93. The summed E-state index contributed by atoms with van der Waals surface area (Å²) in [5.74, 6) is -0.0319. The van der Waals surface area contributed by atoms with E-state index >= 15 is 0 Å². The van der Waals surface area contributed by atoms with Gasteiger partial charge in [-0.05, 0) is 26.6 Å². The molecule has 0 N–H and O–H groups in total. The Hall–Kier alpha value is -0.830. The first-order chi connectivity index (χ1) is 5.54. The van der Waals surface area contributed by atoms with Gasteiger partial charge in [0.25, 0.3) is 0 Å². The van der Waals surface area contributed by atoms with Gasteiger partial charge in [-0.15, -0.1) is 0 Å². The predicted molar refractivity (Wildman–Crippen MR) is 50.7 cm³/mol. The van der Waals surface area contributed by atoms with Crippen molar-refractivity contribution in [1.82, 2.24) is 9.80 Å². The second-order valence-corrected chi connectivity index (χ2v) is 3.01. The highest BCUT2D eigenvalue weighted by Crippen LogP contribution is 2.04. The smallest absolute Gasteiger partial charge is 0.246 e. The van der Waals surface area contributed by atoms with Crippen LogP contribution >= 0.6 is 0 Å². The summed E-state index contributed by atoms with van der Waals surface area (Å²) in [6, 6.07) is 0. The molecule has 70 valence electrons. The van der Waals surface area contributed by atoms with Crippen molar-refractivity contribution in [2.45, 2.75) is 19.5 Å². The molecule has 0 radical (unpaired) electrons. The Balaban J connectivity index is 4.30. The number of hydrogen-bond acceptors (Lipinski definition) is 2. The molecule has 0 aromatic heterocycles. The number of likely N-dealkylation sites (N-methyl/N-ethyl adjacent to an activating group) is 1. The maximum absolute atomic E-state index is 11.2. The molecule has 3 nitrogen and oxygen atoms in total. The minimum Gasteiger partial charge on any atom is -0.327 e. The summed E-state index contributed by atoms with van der Waals surface area (Å²) in [5.41, 5.74) is 0. The average molecular weight is 170 g/mol. The van der Waals surface area contributed by atoms with Gasteiger partial charge in [0.2, 0.25) is 5.91 Å². The van der Waals surface area contributed by atoms with Crippen LogP contribution in [0, 0.1) is 0 Å². The summed E-state index contributed by atoms with van der Waals surface area (Å²) in [6.45, 7) is 5.50. The summed E-state index contributed by atoms with van der Waals surface area (Å²) in [5, 5.41) is 0. The molecule has 0 bridgehead atoms. The van der Waals surface area contributed by atoms with E-state index in [-0.39, 0.29) is 12.1 Å². The highest BCUT2D eigenvalue weighted by atomic mass is 16.2. The lowest BCUT2D eigenvalue weighted by Crippen LogP contribution is -2.44. The molecule has 0 saturated carbocycles. The van der Waals surface area contributed by atoms with Gasteiger partial charge in [0.05, 0.1) is 6.17 Å². The summed E-state index contributed by atoms with van der Waals surface area (Å²) in [4.78, 5) is 14.9. The fraction of sp³-hybridized carbons (Fsp3) is 0.667. The van der Waals surface area contributed by atoms with Crippen LogP contribution in [-0.2, 0) is 4.79 Å². The van der Waals surface area contributed by atoms with Crippen LogP contribution in [0.25, 0.3) is 0 Å². The van der Waals surface area contributed by atoms with Gasteiger partial charge >= 0.3 is 0 Å². The largest absolute Gasteiger partial charge is 0.327 e. The molecule has 0 fully saturated rings. The maximum Gasteiger partial charge on any atom is 0.246 e. The molecule has 1 unspecified atom stereocenters. The van der Waals surface area contributed by atoms with Crippen LogP contribution in [0.15, 0.2) is 12.7 Å². The van der Waals surface area contributed by atoms with Gasteiger partial charge in [0.1, 0.15) is 0 Å². The Labute approximate surface area is 74.7 Å². The quantitative estimate of drug-likeness (QED) is 0.463. The molecule has 1 amide bonds. The third kappa shape index (κ3) is 2.66. The third-order valence-electron chi connectivity index (χ3n) is 1.93. The number of amides is 1. The molecule has 1 atom stereocenters. The molecule has 0 spiro atoms. The first kappa shape index (κ1) is 11.2. The van der Waals surface area contributed by atoms with Crippen LogP contribution in [0.2, 0.25) is 0 Å². The number of rotatable bonds is 4. The van der Waals surface area contributed by atoms with E-state index in [1.807, 2.05) is 19.0 Å². The van der Waals surface area contributed by atoms with Gasteiger partial charge < -0.3 is 4.90 Å². The van der Waals surface area contributed by atoms with Crippen LogP contribution in [0.1, 0.15) is 13.3 Å². The molecular formula is C9H18N2O. The molecule has 0 aliphatic rings. The molecule has 12 heavy (non-hydrogen) atoms. The van der Waals surface area contributed by atoms with E-state index in [4.69, 9.17) is 0 Å². The molecular weight excluding hydrogens is 152 g/mol. The Morgan fingerprint density at radius 1 is 1.50 bits per heavy atom. The topological polar surface area (TPSA) is 23.6 Å². The Bertz CT molecular complexity index is 166. The van der Waals surface area contributed by atoms with E-state index in [0.29, 0.717) is 0 Å². The summed E-state index contributed by atoms with van der Waals surface area (Å²) < 4.78 is 0. The second kappa shape index (κ2) is 4.93. The van der Waals surface area contributed by atoms with Crippen molar-refractivity contribution in [3.8, 4) is 0 Å². The standard InChI is InChI=1S/C9H18N2O/c1-6-8(10(3)4)11(5)9(12)7-2/h7-8H,2,6H2,1,3-5H3. The molecule has 3 heteroatoms. The zero-order valence-electron chi connectivity index (χ0n) is 8.37. The van der Waals surface area contributed by atoms with Crippen molar-refractivity contribution in [2.75, 3.05) is 21.1 Å². The van der Waals surface area contributed by atoms with Crippen molar-refractivity contribution >= 4 is 5.91 Å². The lowest BCUT2D eigenvalue weighted by molar-refractivity contribution is -0.129. The molecule has 0 aromatic carbocycles. The molecule has 0 aromatic rings. The van der Waals surface area contributed by atoms with Gasteiger partial charge in [-0.2, -0.15) is 0 Å².